The fourth-order valence-corrected chi connectivity index (χ4v) is 4.50. The molecule has 3 saturated carbocycles. The van der Waals surface area contributed by atoms with Crippen molar-refractivity contribution < 1.29 is 8.42 Å². The van der Waals surface area contributed by atoms with Gasteiger partial charge in [0, 0.05) is 18.8 Å². The molecule has 15 heavy (non-hydrogen) atoms. The third kappa shape index (κ3) is 1.72. The van der Waals surface area contributed by atoms with E-state index in [0.29, 0.717) is 12.6 Å². The maximum atomic E-state index is 11.0. The van der Waals surface area contributed by atoms with Crippen LogP contribution in [0.5, 0.6) is 0 Å². The van der Waals surface area contributed by atoms with E-state index in [1.165, 1.54) is 25.5 Å². The van der Waals surface area contributed by atoms with E-state index in [9.17, 15) is 8.42 Å². The van der Waals surface area contributed by atoms with Gasteiger partial charge in [-0.05, 0) is 42.9 Å². The second-order valence-corrected chi connectivity index (χ2v) is 7.86. The molecule has 86 valence electrons. The molecule has 4 atom stereocenters. The average molecular weight is 229 g/mol. The molecule has 4 heteroatoms. The van der Waals surface area contributed by atoms with E-state index in [2.05, 4.69) is 5.32 Å². The van der Waals surface area contributed by atoms with E-state index in [1.807, 2.05) is 0 Å². The van der Waals surface area contributed by atoms with Crippen LogP contribution in [0.3, 0.4) is 0 Å². The first-order valence-corrected chi connectivity index (χ1v) is 8.03. The SMILES string of the molecule is CS(=O)(=O)CCNC1C2C3CCC(C3)C12. The minimum absolute atomic E-state index is 0.290. The van der Waals surface area contributed by atoms with E-state index >= 15 is 0 Å². The molecule has 3 nitrogen and oxygen atoms in total. The summed E-state index contributed by atoms with van der Waals surface area (Å²) in [4.78, 5) is 0. The minimum atomic E-state index is -2.79. The van der Waals surface area contributed by atoms with Crippen molar-refractivity contribution in [3.63, 3.8) is 0 Å². The highest BCUT2D eigenvalue weighted by molar-refractivity contribution is 7.90. The summed E-state index contributed by atoms with van der Waals surface area (Å²) in [5.74, 6) is 4.04. The molecule has 0 aliphatic heterocycles. The molecule has 0 saturated heterocycles. The Balaban J connectivity index is 1.48. The van der Waals surface area contributed by atoms with Crippen LogP contribution in [0.25, 0.3) is 0 Å². The summed E-state index contributed by atoms with van der Waals surface area (Å²) in [5.41, 5.74) is 0. The van der Waals surface area contributed by atoms with Gasteiger partial charge in [-0.25, -0.2) is 8.42 Å². The molecule has 0 amide bonds. The Labute approximate surface area is 91.5 Å². The van der Waals surface area contributed by atoms with Crippen LogP contribution < -0.4 is 5.32 Å². The summed E-state index contributed by atoms with van der Waals surface area (Å²) in [7, 11) is -2.79. The summed E-state index contributed by atoms with van der Waals surface area (Å²) in [5, 5.41) is 3.44. The Morgan fingerprint density at radius 3 is 2.33 bits per heavy atom. The molecule has 2 bridgehead atoms. The van der Waals surface area contributed by atoms with Crippen LogP contribution in [0.2, 0.25) is 0 Å². The zero-order chi connectivity index (χ0) is 10.6. The van der Waals surface area contributed by atoms with Crippen molar-refractivity contribution in [2.45, 2.75) is 25.3 Å². The van der Waals surface area contributed by atoms with Crippen LogP contribution in [0, 0.1) is 23.7 Å². The number of hydrogen-bond donors (Lipinski definition) is 1. The number of nitrogens with one attached hydrogen (secondary N) is 1. The first-order valence-electron chi connectivity index (χ1n) is 5.97. The van der Waals surface area contributed by atoms with Crippen molar-refractivity contribution in [3.05, 3.63) is 0 Å². The van der Waals surface area contributed by atoms with E-state index in [1.54, 1.807) is 0 Å². The quantitative estimate of drug-likeness (QED) is 0.770. The van der Waals surface area contributed by atoms with Crippen LogP contribution >= 0.6 is 0 Å². The largest absolute Gasteiger partial charge is 0.312 e. The predicted molar refractivity (Wildman–Crippen MR) is 59.3 cm³/mol. The molecule has 3 rings (SSSR count). The first kappa shape index (κ1) is 10.1. The molecule has 0 aromatic rings. The van der Waals surface area contributed by atoms with Crippen LogP contribution in [0.15, 0.2) is 0 Å². The van der Waals surface area contributed by atoms with Gasteiger partial charge in [0.1, 0.15) is 9.84 Å². The predicted octanol–water partition coefficient (Wildman–Crippen LogP) is 0.665. The van der Waals surface area contributed by atoms with Crippen molar-refractivity contribution in [1.82, 2.24) is 5.32 Å². The standard InChI is InChI=1S/C11H19NO2S/c1-15(13,14)5-4-12-11-9-7-2-3-8(6-7)10(9)11/h7-12H,2-6H2,1H3. The Kier molecular flexibility index (Phi) is 2.15. The van der Waals surface area contributed by atoms with Crippen LogP contribution in [0.1, 0.15) is 19.3 Å². The lowest BCUT2D eigenvalue weighted by Gasteiger charge is -2.09. The third-order valence-corrected chi connectivity index (χ3v) is 5.53. The minimum Gasteiger partial charge on any atom is -0.312 e. The zero-order valence-corrected chi connectivity index (χ0v) is 9.96. The fraction of sp³-hybridized carbons (Fsp3) is 1.00. The summed E-state index contributed by atoms with van der Waals surface area (Å²) >= 11 is 0. The highest BCUT2D eigenvalue weighted by atomic mass is 32.2. The van der Waals surface area contributed by atoms with Gasteiger partial charge in [0.05, 0.1) is 5.75 Å². The summed E-state index contributed by atoms with van der Waals surface area (Å²) in [6, 6.07) is 0.665. The molecule has 1 N–H and O–H groups in total. The van der Waals surface area contributed by atoms with Gasteiger partial charge in [0.15, 0.2) is 0 Å². The molecule has 3 fully saturated rings. The number of fused-ring (bicyclic) bond motifs is 5. The zero-order valence-electron chi connectivity index (χ0n) is 9.15. The van der Waals surface area contributed by atoms with Crippen molar-refractivity contribution in [3.8, 4) is 0 Å². The Morgan fingerprint density at radius 1 is 1.20 bits per heavy atom. The van der Waals surface area contributed by atoms with Crippen LogP contribution in [0.4, 0.5) is 0 Å². The summed E-state index contributed by atoms with van der Waals surface area (Å²) in [6.45, 7) is 0.649. The van der Waals surface area contributed by atoms with E-state index < -0.39 is 9.84 Å². The summed E-state index contributed by atoms with van der Waals surface area (Å²) in [6.07, 6.45) is 5.62. The topological polar surface area (TPSA) is 46.2 Å². The Hall–Kier alpha value is -0.0900. The Morgan fingerprint density at radius 2 is 1.80 bits per heavy atom. The van der Waals surface area contributed by atoms with Crippen molar-refractivity contribution in [2.75, 3.05) is 18.6 Å². The van der Waals surface area contributed by atoms with Crippen LogP contribution in [-0.2, 0) is 9.84 Å². The van der Waals surface area contributed by atoms with Gasteiger partial charge in [-0.2, -0.15) is 0 Å². The normalized spacial score (nSPS) is 46.9. The molecule has 3 aliphatic carbocycles. The number of rotatable bonds is 4. The summed E-state index contributed by atoms with van der Waals surface area (Å²) < 4.78 is 22.0. The van der Waals surface area contributed by atoms with Crippen molar-refractivity contribution >= 4 is 9.84 Å². The molecule has 0 heterocycles. The van der Waals surface area contributed by atoms with Gasteiger partial charge in [0.25, 0.3) is 0 Å². The molecule has 0 aromatic carbocycles. The fourth-order valence-electron chi connectivity index (χ4n) is 4.01. The molecular formula is C11H19NO2S. The second kappa shape index (κ2) is 3.20. The molecule has 3 aliphatic rings. The third-order valence-electron chi connectivity index (χ3n) is 4.59. The number of sulfone groups is 1. The van der Waals surface area contributed by atoms with Crippen molar-refractivity contribution in [2.24, 2.45) is 23.7 Å². The van der Waals surface area contributed by atoms with E-state index in [-0.39, 0.29) is 5.75 Å². The van der Waals surface area contributed by atoms with Gasteiger partial charge in [-0.3, -0.25) is 0 Å². The molecule has 0 spiro atoms. The van der Waals surface area contributed by atoms with Gasteiger partial charge in [-0.1, -0.05) is 0 Å². The molecule has 0 aromatic heterocycles. The molecule has 4 unspecified atom stereocenters. The van der Waals surface area contributed by atoms with Crippen molar-refractivity contribution in [1.29, 1.82) is 0 Å². The first-order chi connectivity index (χ1) is 7.06. The highest BCUT2D eigenvalue weighted by Gasteiger charge is 2.64. The van der Waals surface area contributed by atoms with Gasteiger partial charge in [0.2, 0.25) is 0 Å². The smallest absolute Gasteiger partial charge is 0.148 e. The van der Waals surface area contributed by atoms with Gasteiger partial charge < -0.3 is 5.32 Å². The lowest BCUT2D eigenvalue weighted by Crippen LogP contribution is -2.28. The Bertz CT molecular complexity index is 349. The highest BCUT2D eigenvalue weighted by Crippen LogP contribution is 2.65. The average Bonchev–Trinajstić information content (AvgIpc) is 2.55. The maximum Gasteiger partial charge on any atom is 0.148 e. The second-order valence-electron chi connectivity index (χ2n) is 5.60. The van der Waals surface area contributed by atoms with E-state index in [0.717, 1.165) is 23.7 Å². The lowest BCUT2D eigenvalue weighted by molar-refractivity contribution is 0.456. The maximum absolute atomic E-state index is 11.0. The molecule has 0 radical (unpaired) electrons. The van der Waals surface area contributed by atoms with Crippen LogP contribution in [-0.4, -0.2) is 33.0 Å². The monoisotopic (exact) mass is 229 g/mol. The molecular weight excluding hydrogens is 210 g/mol. The lowest BCUT2D eigenvalue weighted by atomic mass is 10.0. The van der Waals surface area contributed by atoms with Gasteiger partial charge in [-0.15, -0.1) is 0 Å². The van der Waals surface area contributed by atoms with E-state index in [4.69, 9.17) is 0 Å². The number of hydrogen-bond acceptors (Lipinski definition) is 3. The van der Waals surface area contributed by atoms with Gasteiger partial charge >= 0.3 is 0 Å².